The van der Waals surface area contributed by atoms with Crippen LogP contribution in [-0.4, -0.2) is 31.0 Å². The third kappa shape index (κ3) is 5.83. The minimum absolute atomic E-state index is 0.196. The molecule has 0 saturated heterocycles. The van der Waals surface area contributed by atoms with Crippen molar-refractivity contribution >= 4 is 22.4 Å². The lowest BCUT2D eigenvalue weighted by Crippen LogP contribution is -2.23. The maximum atomic E-state index is 13.4. The van der Waals surface area contributed by atoms with Crippen LogP contribution in [-0.2, 0) is 0 Å². The summed E-state index contributed by atoms with van der Waals surface area (Å²) in [7, 11) is 0. The number of rotatable bonds is 10. The van der Waals surface area contributed by atoms with Crippen LogP contribution < -0.4 is 14.8 Å². The normalized spacial score (nSPS) is 11.9. The predicted octanol–water partition coefficient (Wildman–Crippen LogP) is 6.49. The van der Waals surface area contributed by atoms with Gasteiger partial charge in [0, 0.05) is 22.9 Å². The average Bonchev–Trinajstić information content (AvgIpc) is 3.69. The Labute approximate surface area is 242 Å². The Morgan fingerprint density at radius 1 is 0.878 bits per heavy atom. The molecule has 0 unspecified atom stereocenters. The molecular weight excluding hydrogens is 530 g/mol. The molecule has 0 bridgehead atoms. The summed E-state index contributed by atoms with van der Waals surface area (Å²) >= 11 is 1.33. The Hall–Kier alpha value is -4.56. The minimum Gasteiger partial charge on any atom is -0.494 e. The highest BCUT2D eigenvalue weighted by Crippen LogP contribution is 2.25. The maximum absolute atomic E-state index is 13.4. The van der Waals surface area contributed by atoms with E-state index in [1.54, 1.807) is 0 Å². The van der Waals surface area contributed by atoms with Crippen molar-refractivity contribution in [3.8, 4) is 34.1 Å². The molecule has 6 aromatic rings. The van der Waals surface area contributed by atoms with Crippen LogP contribution in [0.15, 0.2) is 89.9 Å². The molecule has 0 aliphatic rings. The zero-order valence-electron chi connectivity index (χ0n) is 23.2. The van der Waals surface area contributed by atoms with E-state index < -0.39 is 0 Å². The number of thiazole rings is 1. The zero-order chi connectivity index (χ0) is 28.2. The molecule has 41 heavy (non-hydrogen) atoms. The van der Waals surface area contributed by atoms with Crippen LogP contribution in [0.25, 0.3) is 39.4 Å². The molecule has 0 aliphatic heterocycles. The van der Waals surface area contributed by atoms with Gasteiger partial charge in [0.15, 0.2) is 5.82 Å². The molecule has 3 heterocycles. The lowest BCUT2D eigenvalue weighted by atomic mass is 10.1. The third-order valence-electron chi connectivity index (χ3n) is 6.94. The number of aryl methyl sites for hydroxylation is 1. The second kappa shape index (κ2) is 11.9. The molecule has 0 amide bonds. The summed E-state index contributed by atoms with van der Waals surface area (Å²) in [5, 5.41) is 9.42. The fraction of sp³-hybridized carbons (Fsp3) is 0.212. The van der Waals surface area contributed by atoms with Gasteiger partial charge in [-0.15, -0.1) is 5.10 Å². The van der Waals surface area contributed by atoms with E-state index >= 15 is 0 Å². The Balaban J connectivity index is 1.30. The number of ether oxygens (including phenoxy) is 1. The Kier molecular flexibility index (Phi) is 7.73. The van der Waals surface area contributed by atoms with E-state index in [9.17, 15) is 4.79 Å². The first-order chi connectivity index (χ1) is 20.1. The van der Waals surface area contributed by atoms with Crippen molar-refractivity contribution in [3.63, 3.8) is 0 Å². The van der Waals surface area contributed by atoms with Gasteiger partial charge in [-0.1, -0.05) is 85.6 Å². The number of nitrogens with zero attached hydrogens (tertiary/aromatic N) is 5. The average molecular weight is 562 g/mol. The van der Waals surface area contributed by atoms with Crippen molar-refractivity contribution in [2.75, 3.05) is 6.61 Å². The van der Waals surface area contributed by atoms with Crippen molar-refractivity contribution in [2.45, 2.75) is 39.5 Å². The summed E-state index contributed by atoms with van der Waals surface area (Å²) in [4.78, 5) is 18.6. The van der Waals surface area contributed by atoms with E-state index in [0.717, 1.165) is 40.2 Å². The van der Waals surface area contributed by atoms with Crippen molar-refractivity contribution in [2.24, 2.45) is 0 Å². The molecule has 0 aliphatic carbocycles. The number of benzene rings is 3. The topological polar surface area (TPSA) is 74.3 Å². The molecular formula is C33H31N5O2S. The Bertz CT molecular complexity index is 1870. The highest BCUT2D eigenvalue weighted by atomic mass is 32.1. The smallest absolute Gasteiger partial charge is 0.291 e. The fourth-order valence-corrected chi connectivity index (χ4v) is 5.56. The largest absolute Gasteiger partial charge is 0.494 e. The van der Waals surface area contributed by atoms with Gasteiger partial charge in [-0.2, -0.15) is 14.6 Å². The van der Waals surface area contributed by atoms with Gasteiger partial charge in [-0.25, -0.2) is 4.68 Å². The second-order valence-electron chi connectivity index (χ2n) is 10.1. The zero-order valence-corrected chi connectivity index (χ0v) is 24.0. The van der Waals surface area contributed by atoms with Gasteiger partial charge in [0.05, 0.1) is 22.5 Å². The Morgan fingerprint density at radius 3 is 2.37 bits per heavy atom. The summed E-state index contributed by atoms with van der Waals surface area (Å²) in [6.45, 7) is 4.97. The van der Waals surface area contributed by atoms with Gasteiger partial charge < -0.3 is 4.74 Å². The molecule has 8 heteroatoms. The minimum atomic E-state index is -0.196. The first-order valence-corrected chi connectivity index (χ1v) is 14.8. The first kappa shape index (κ1) is 26.7. The molecule has 0 radical (unpaired) electrons. The molecule has 6 rings (SSSR count). The van der Waals surface area contributed by atoms with Crippen LogP contribution in [0, 0.1) is 6.92 Å². The number of fused-ring (bicyclic) bond motifs is 1. The van der Waals surface area contributed by atoms with E-state index in [2.05, 4.69) is 48.2 Å². The van der Waals surface area contributed by atoms with Crippen molar-refractivity contribution < 1.29 is 4.74 Å². The summed E-state index contributed by atoms with van der Waals surface area (Å²) in [6, 6.07) is 25.9. The van der Waals surface area contributed by atoms with E-state index in [4.69, 9.17) is 9.84 Å². The fourth-order valence-electron chi connectivity index (χ4n) is 4.66. The van der Waals surface area contributed by atoms with Gasteiger partial charge in [0.1, 0.15) is 5.75 Å². The molecule has 3 aromatic heterocycles. The summed E-state index contributed by atoms with van der Waals surface area (Å²) in [5.74, 6) is 1.35. The lowest BCUT2D eigenvalue weighted by Gasteiger charge is -2.06. The highest BCUT2D eigenvalue weighted by molar-refractivity contribution is 7.15. The van der Waals surface area contributed by atoms with Crippen LogP contribution in [0.5, 0.6) is 5.75 Å². The molecule has 206 valence electrons. The van der Waals surface area contributed by atoms with Crippen molar-refractivity contribution in [1.29, 1.82) is 0 Å². The summed E-state index contributed by atoms with van der Waals surface area (Å²) in [5.41, 5.74) is 5.41. The first-order valence-electron chi connectivity index (χ1n) is 14.0. The van der Waals surface area contributed by atoms with Crippen LogP contribution >= 0.6 is 11.3 Å². The molecule has 0 atom stereocenters. The van der Waals surface area contributed by atoms with Gasteiger partial charge in [-0.3, -0.25) is 4.79 Å². The standard InChI is InChI=1S/C33H31N5O2S/c1-3-4-5-9-20-40-28-18-16-25(17-19-28)31-34-33-38(36-31)32(39)29(41-33)21-26-22-37(27-10-7-6-8-11-27)35-30(26)24-14-12-23(2)13-15-24/h6-8,10-19,21-22H,3-5,9,20H2,1-2H3. The van der Waals surface area contributed by atoms with E-state index in [1.165, 1.54) is 40.7 Å². The van der Waals surface area contributed by atoms with Crippen LogP contribution in [0.2, 0.25) is 0 Å². The maximum Gasteiger partial charge on any atom is 0.291 e. The number of unbranched alkanes of at least 4 members (excludes halogenated alkanes) is 3. The molecule has 0 spiro atoms. The quantitative estimate of drug-likeness (QED) is 0.179. The molecule has 3 aromatic carbocycles. The number of para-hydroxylation sites is 1. The second-order valence-corrected chi connectivity index (χ2v) is 11.1. The van der Waals surface area contributed by atoms with E-state index in [0.29, 0.717) is 21.9 Å². The number of aromatic nitrogens is 5. The van der Waals surface area contributed by atoms with Gasteiger partial charge in [-0.05, 0) is 55.8 Å². The van der Waals surface area contributed by atoms with E-state index in [1.807, 2.05) is 71.6 Å². The lowest BCUT2D eigenvalue weighted by molar-refractivity contribution is 0.305. The molecule has 0 N–H and O–H groups in total. The summed E-state index contributed by atoms with van der Waals surface area (Å²) in [6.07, 6.45) is 8.53. The molecule has 0 fully saturated rings. The van der Waals surface area contributed by atoms with Crippen LogP contribution in [0.4, 0.5) is 0 Å². The number of hydrogen-bond acceptors (Lipinski definition) is 6. The molecule has 7 nitrogen and oxygen atoms in total. The van der Waals surface area contributed by atoms with Crippen molar-refractivity contribution in [1.82, 2.24) is 24.4 Å². The van der Waals surface area contributed by atoms with Crippen LogP contribution in [0.3, 0.4) is 0 Å². The van der Waals surface area contributed by atoms with Crippen LogP contribution in [0.1, 0.15) is 43.7 Å². The monoisotopic (exact) mass is 561 g/mol. The third-order valence-corrected chi connectivity index (χ3v) is 7.90. The van der Waals surface area contributed by atoms with Gasteiger partial charge in [0.25, 0.3) is 5.56 Å². The van der Waals surface area contributed by atoms with Gasteiger partial charge in [0.2, 0.25) is 4.96 Å². The number of hydrogen-bond donors (Lipinski definition) is 0. The Morgan fingerprint density at radius 2 is 1.63 bits per heavy atom. The predicted molar refractivity (Wildman–Crippen MR) is 165 cm³/mol. The van der Waals surface area contributed by atoms with E-state index in [-0.39, 0.29) is 5.56 Å². The van der Waals surface area contributed by atoms with Crippen molar-refractivity contribution in [3.05, 3.63) is 111 Å². The van der Waals surface area contributed by atoms with Gasteiger partial charge >= 0.3 is 0 Å². The highest BCUT2D eigenvalue weighted by Gasteiger charge is 2.15. The molecule has 0 saturated carbocycles. The SMILES string of the molecule is CCCCCCOc1ccc(-c2nc3sc(=Cc4cn(-c5ccccc5)nc4-c4ccc(C)cc4)c(=O)n3n2)cc1. The summed E-state index contributed by atoms with van der Waals surface area (Å²) < 4.78 is 9.64.